The molecule has 0 aliphatic carbocycles. The summed E-state index contributed by atoms with van der Waals surface area (Å²) in [4.78, 5) is 6.39. The van der Waals surface area contributed by atoms with Gasteiger partial charge in [-0.25, -0.2) is 9.98 Å². The van der Waals surface area contributed by atoms with E-state index in [-0.39, 0.29) is 41.3 Å². The summed E-state index contributed by atoms with van der Waals surface area (Å²) < 4.78 is 17.4. The molecule has 0 atom stereocenters. The second kappa shape index (κ2) is 9.43. The van der Waals surface area contributed by atoms with E-state index in [0.29, 0.717) is 13.2 Å². The van der Waals surface area contributed by atoms with Gasteiger partial charge < -0.3 is 30.6 Å². The van der Waals surface area contributed by atoms with Gasteiger partial charge in [-0.2, -0.15) is 0 Å². The van der Waals surface area contributed by atoms with Crippen LogP contribution in [0.15, 0.2) is 33.1 Å². The molecule has 0 saturated carbocycles. The normalized spacial score (nSPS) is 16.9. The van der Waals surface area contributed by atoms with Crippen LogP contribution in [-0.4, -0.2) is 38.7 Å². The molecule has 0 fully saturated rings. The maximum absolute atomic E-state index is 5.92. The third-order valence-corrected chi connectivity index (χ3v) is 3.76. The van der Waals surface area contributed by atoms with Crippen molar-refractivity contribution in [3.8, 4) is 0 Å². The molecule has 124 valence electrons. The Bertz CT molecular complexity index is 635. The Morgan fingerprint density at radius 1 is 0.833 bits per heavy atom. The quantitative estimate of drug-likeness (QED) is 0.441. The predicted molar refractivity (Wildman–Crippen MR) is 82.4 cm³/mol. The molecule has 7 heteroatoms. The van der Waals surface area contributed by atoms with Crippen LogP contribution < -0.4 is 45.8 Å². The van der Waals surface area contributed by atoms with Crippen molar-refractivity contribution < 1.29 is 59.4 Å². The molecule has 2 N–H and O–H groups in total. The largest absolute Gasteiger partial charge is 1.00 e. The summed E-state index contributed by atoms with van der Waals surface area (Å²) in [6, 6.07) is 7.90. The average molecular weight is 389 g/mol. The minimum Gasteiger partial charge on any atom is -1.00 e. The molecule has 1 aliphatic rings. The molecule has 3 heterocycles. The number of nitrogens with one attached hydrogen (secondary N) is 2. The van der Waals surface area contributed by atoms with Gasteiger partial charge in [-0.1, -0.05) is 0 Å². The van der Waals surface area contributed by atoms with Crippen molar-refractivity contribution in [1.82, 2.24) is 0 Å². The molecule has 0 amide bonds. The van der Waals surface area contributed by atoms with E-state index in [4.69, 9.17) is 13.6 Å². The van der Waals surface area contributed by atoms with Gasteiger partial charge in [-0.3, -0.25) is 0 Å². The Morgan fingerprint density at radius 3 is 1.75 bits per heavy atom. The van der Waals surface area contributed by atoms with E-state index in [0.717, 1.165) is 36.1 Å². The molecule has 3 rings (SSSR count). The van der Waals surface area contributed by atoms with Gasteiger partial charge in [0.2, 0.25) is 12.4 Å². The van der Waals surface area contributed by atoms with Gasteiger partial charge in [0.1, 0.15) is 24.7 Å². The summed E-state index contributed by atoms with van der Waals surface area (Å²) in [5.74, 6) is 3.35. The molecule has 2 aromatic heterocycles. The molecule has 24 heavy (non-hydrogen) atoms. The van der Waals surface area contributed by atoms with Crippen LogP contribution in [-0.2, 0) is 10.2 Å². The first-order valence-electron chi connectivity index (χ1n) is 7.58. The minimum atomic E-state index is -0.321. The number of hydrogen-bond donors (Lipinski definition) is 2. The van der Waals surface area contributed by atoms with Crippen LogP contribution in [0, 0.1) is 0 Å². The zero-order valence-electron chi connectivity index (χ0n) is 14.4. The van der Waals surface area contributed by atoms with E-state index in [9.17, 15) is 0 Å². The number of hydrogen-bond acceptors (Lipinski definition) is 3. The first-order valence-corrected chi connectivity index (χ1v) is 7.58. The fourth-order valence-electron chi connectivity index (χ4n) is 2.36. The molecule has 0 spiro atoms. The average Bonchev–Trinajstić information content (AvgIpc) is 3.14. The van der Waals surface area contributed by atoms with Gasteiger partial charge in [0, 0.05) is 0 Å². The van der Waals surface area contributed by atoms with Gasteiger partial charge in [-0.05, 0) is 38.1 Å². The van der Waals surface area contributed by atoms with Crippen LogP contribution in [0.3, 0.4) is 0 Å². The molecular formula is C17H22BrLiN2O3+2. The van der Waals surface area contributed by atoms with Gasteiger partial charge in [0.05, 0.1) is 5.41 Å². The fourth-order valence-corrected chi connectivity index (χ4v) is 2.36. The maximum atomic E-state index is 5.92. The van der Waals surface area contributed by atoms with Crippen molar-refractivity contribution in [3.05, 3.63) is 47.3 Å². The molecule has 1 aliphatic heterocycles. The van der Waals surface area contributed by atoms with Gasteiger partial charge in [0.15, 0.2) is 24.6 Å². The standard InChI is InChI=1S/C17H20N2O3.BrH.Li/c1-17(2)15-5-3-13(21-15)11-18-7-9-20-10-8-19-12-14-4-6-16(17)22-14;;/h3-6,11-12H,7-10H2,1-2H3;1H;/q;;+1/p+1. The van der Waals surface area contributed by atoms with Crippen LogP contribution in [0.1, 0.15) is 36.9 Å². The van der Waals surface area contributed by atoms with Crippen molar-refractivity contribution >= 4 is 12.4 Å². The molecule has 0 saturated heterocycles. The molecule has 5 nitrogen and oxygen atoms in total. The topological polar surface area (TPSA) is 63.5 Å². The van der Waals surface area contributed by atoms with E-state index in [1.807, 2.05) is 36.7 Å². The Morgan fingerprint density at radius 2 is 1.29 bits per heavy atom. The summed E-state index contributed by atoms with van der Waals surface area (Å²) in [6.45, 7) is 7.00. The number of fused-ring (bicyclic) bond motifs is 4. The molecule has 2 aromatic rings. The summed E-state index contributed by atoms with van der Waals surface area (Å²) in [5.41, 5.74) is -0.321. The van der Waals surface area contributed by atoms with Crippen LogP contribution in [0.5, 0.6) is 0 Å². The van der Waals surface area contributed by atoms with Gasteiger partial charge in [-0.15, -0.1) is 0 Å². The van der Waals surface area contributed by atoms with Gasteiger partial charge in [0.25, 0.3) is 0 Å². The third kappa shape index (κ3) is 4.97. The molecular weight excluding hydrogens is 367 g/mol. The van der Waals surface area contributed by atoms with Crippen molar-refractivity contribution in [2.45, 2.75) is 19.3 Å². The summed E-state index contributed by atoms with van der Waals surface area (Å²) in [7, 11) is 0. The first kappa shape index (κ1) is 21.0. The zero-order chi connectivity index (χ0) is 15.4. The number of rotatable bonds is 0. The second-order valence-corrected chi connectivity index (χ2v) is 5.84. The Labute approximate surface area is 164 Å². The molecule has 0 aromatic carbocycles. The minimum absolute atomic E-state index is 0. The molecule has 0 unspecified atom stereocenters. The van der Waals surface area contributed by atoms with Crippen LogP contribution in [0.2, 0.25) is 0 Å². The van der Waals surface area contributed by atoms with Crippen molar-refractivity contribution in [2.24, 2.45) is 0 Å². The van der Waals surface area contributed by atoms with Crippen molar-refractivity contribution in [3.63, 3.8) is 0 Å². The predicted octanol–water partition coefficient (Wildman–Crippen LogP) is -6.76. The van der Waals surface area contributed by atoms with Crippen LogP contribution in [0.25, 0.3) is 0 Å². The number of halogens is 1. The summed E-state index contributed by atoms with van der Waals surface area (Å²) >= 11 is 0. The number of furan rings is 2. The second-order valence-electron chi connectivity index (χ2n) is 5.84. The number of ether oxygens (including phenoxy) is 1. The van der Waals surface area contributed by atoms with Gasteiger partial charge >= 0.3 is 18.9 Å². The summed E-state index contributed by atoms with van der Waals surface area (Å²) in [6.07, 6.45) is 3.74. The smallest absolute Gasteiger partial charge is 1.00 e. The fraction of sp³-hybridized carbons (Fsp3) is 0.412. The first-order chi connectivity index (χ1) is 10.7. The van der Waals surface area contributed by atoms with E-state index in [1.54, 1.807) is 0 Å². The SMILES string of the molecule is CC1(C)c2ccc(o2)C=[NH+]CCOCC[NH+]=Cc2ccc1o2.[Br-].[Li+]. The Balaban J connectivity index is 0.00000144. The Hall–Kier alpha value is -1.06. The molecule has 0 radical (unpaired) electrons. The van der Waals surface area contributed by atoms with Crippen LogP contribution >= 0.6 is 0 Å². The monoisotopic (exact) mass is 388 g/mol. The third-order valence-electron chi connectivity index (χ3n) is 3.76. The Kier molecular flexibility index (Phi) is 8.24. The van der Waals surface area contributed by atoms with E-state index < -0.39 is 0 Å². The van der Waals surface area contributed by atoms with Crippen molar-refractivity contribution in [1.29, 1.82) is 0 Å². The maximum Gasteiger partial charge on any atom is 1.00 e. The van der Waals surface area contributed by atoms with Crippen LogP contribution in [0.4, 0.5) is 0 Å². The molecule has 4 bridgehead atoms. The zero-order valence-corrected chi connectivity index (χ0v) is 16.0. The van der Waals surface area contributed by atoms with Crippen molar-refractivity contribution in [2.75, 3.05) is 26.3 Å². The summed E-state index contributed by atoms with van der Waals surface area (Å²) in [5, 5.41) is 0. The van der Waals surface area contributed by atoms with E-state index >= 15 is 0 Å². The van der Waals surface area contributed by atoms with E-state index in [1.165, 1.54) is 0 Å². The van der Waals surface area contributed by atoms with E-state index in [2.05, 4.69) is 23.8 Å².